The minimum Gasteiger partial charge on any atom is -0.467 e. The number of anilines is 2. The molecule has 38 heavy (non-hydrogen) atoms. The first-order chi connectivity index (χ1) is 18.3. The van der Waals surface area contributed by atoms with Crippen molar-refractivity contribution in [2.24, 2.45) is 11.8 Å². The Kier molecular flexibility index (Phi) is 13.7. The monoisotopic (exact) mass is 546 g/mol. The van der Waals surface area contributed by atoms with Crippen LogP contribution < -0.4 is 10.2 Å². The lowest BCUT2D eigenvalue weighted by Crippen LogP contribution is -2.46. The van der Waals surface area contributed by atoms with Crippen LogP contribution in [0.3, 0.4) is 0 Å². The highest BCUT2D eigenvalue weighted by Gasteiger charge is 2.24. The van der Waals surface area contributed by atoms with E-state index in [-0.39, 0.29) is 24.5 Å². The van der Waals surface area contributed by atoms with Crippen LogP contribution in [0, 0.1) is 11.8 Å². The second kappa shape index (κ2) is 16.7. The topological polar surface area (TPSA) is 94.2 Å². The fourth-order valence-corrected chi connectivity index (χ4v) is 4.23. The minimum absolute atomic E-state index is 0.0109. The molecule has 2 amide bonds. The van der Waals surface area contributed by atoms with Gasteiger partial charge in [-0.2, -0.15) is 0 Å². The third-order valence-electron chi connectivity index (χ3n) is 6.16. The maximum atomic E-state index is 12.7. The van der Waals surface area contributed by atoms with Crippen molar-refractivity contribution in [3.05, 3.63) is 59.6 Å². The molecular weight excluding hydrogens is 508 g/mol. The molecule has 0 saturated heterocycles. The number of para-hydroxylation sites is 1. The Morgan fingerprint density at radius 2 is 1.55 bits per heavy atom. The molecule has 0 bridgehead atoms. The maximum absolute atomic E-state index is 12.7. The number of nitrogens with one attached hydrogen (secondary N) is 1. The maximum Gasteiger partial charge on any atom is 0.418 e. The van der Waals surface area contributed by atoms with Crippen LogP contribution in [0.25, 0.3) is 0 Å². The van der Waals surface area contributed by atoms with Gasteiger partial charge in [-0.3, -0.25) is 4.79 Å². The molecule has 3 rings (SSSR count). The molecule has 1 aliphatic carbocycles. The molecule has 2 aromatic carbocycles. The van der Waals surface area contributed by atoms with E-state index in [9.17, 15) is 14.4 Å². The predicted octanol–water partition coefficient (Wildman–Crippen LogP) is 6.14. The largest absolute Gasteiger partial charge is 0.467 e. The van der Waals surface area contributed by atoms with Gasteiger partial charge in [0, 0.05) is 12.1 Å². The van der Waals surface area contributed by atoms with Crippen LogP contribution >= 0.6 is 11.6 Å². The van der Waals surface area contributed by atoms with Gasteiger partial charge in [-0.1, -0.05) is 62.9 Å². The van der Waals surface area contributed by atoms with E-state index in [0.29, 0.717) is 17.5 Å². The smallest absolute Gasteiger partial charge is 0.418 e. The number of esters is 1. The number of ether oxygens (including phenoxy) is 3. The zero-order valence-corrected chi connectivity index (χ0v) is 23.4. The third kappa shape index (κ3) is 10.3. The molecular formula is C29H39ClN2O6. The van der Waals surface area contributed by atoms with Crippen LogP contribution in [0.15, 0.2) is 54.6 Å². The van der Waals surface area contributed by atoms with Gasteiger partial charge in [0.15, 0.2) is 0 Å². The first kappa shape index (κ1) is 31.1. The van der Waals surface area contributed by atoms with Crippen molar-refractivity contribution in [1.29, 1.82) is 0 Å². The molecule has 1 unspecified atom stereocenters. The lowest BCUT2D eigenvalue weighted by Gasteiger charge is -2.25. The number of hydrogen-bond donors (Lipinski definition) is 1. The van der Waals surface area contributed by atoms with Crippen molar-refractivity contribution in [3.63, 3.8) is 0 Å². The van der Waals surface area contributed by atoms with Gasteiger partial charge >= 0.3 is 12.1 Å². The normalized spacial score (nSPS) is 14.1. The van der Waals surface area contributed by atoms with Gasteiger partial charge in [0.2, 0.25) is 5.91 Å². The van der Waals surface area contributed by atoms with E-state index in [0.717, 1.165) is 24.2 Å². The van der Waals surface area contributed by atoms with Crippen molar-refractivity contribution >= 4 is 40.9 Å². The fourth-order valence-electron chi connectivity index (χ4n) is 4.11. The summed E-state index contributed by atoms with van der Waals surface area (Å²) >= 11 is 5.97. The molecule has 0 aliphatic heterocycles. The van der Waals surface area contributed by atoms with Gasteiger partial charge in [-0.15, -0.1) is 0 Å². The van der Waals surface area contributed by atoms with Crippen molar-refractivity contribution < 1.29 is 28.6 Å². The van der Waals surface area contributed by atoms with Gasteiger partial charge in [0.05, 0.1) is 25.1 Å². The Morgan fingerprint density at radius 3 is 2.11 bits per heavy atom. The Morgan fingerprint density at radius 1 is 0.947 bits per heavy atom. The number of carbonyl (C=O) groups excluding carboxylic acids is 3. The molecule has 1 fully saturated rings. The number of hydrogen-bond acceptors (Lipinski definition) is 6. The van der Waals surface area contributed by atoms with E-state index in [2.05, 4.69) is 14.8 Å². The standard InChI is InChI=1S/C20H22ClNO2.C9H17NO4/c21-17-11-13-19(14-12-17)22(18-9-5-2-6-10-18)20(23)24-15-16-7-3-1-4-8-16;1-6(2)8(9(12)14-4)10-7(11)5-13-3/h2,5-6,9-14,16H,1,3-4,7-8,15H2;6,8H,5H2,1-4H3,(H,10,11). The van der Waals surface area contributed by atoms with Crippen LogP contribution in [0.5, 0.6) is 0 Å². The summed E-state index contributed by atoms with van der Waals surface area (Å²) < 4.78 is 14.8. The van der Waals surface area contributed by atoms with E-state index in [1.165, 1.54) is 33.5 Å². The highest BCUT2D eigenvalue weighted by molar-refractivity contribution is 6.30. The van der Waals surface area contributed by atoms with E-state index in [4.69, 9.17) is 16.3 Å². The van der Waals surface area contributed by atoms with E-state index in [1.807, 2.05) is 56.3 Å². The molecule has 0 spiro atoms. The van der Waals surface area contributed by atoms with Crippen LogP contribution in [0.4, 0.5) is 16.2 Å². The van der Waals surface area contributed by atoms with Crippen LogP contribution in [-0.4, -0.2) is 51.4 Å². The lowest BCUT2D eigenvalue weighted by atomic mass is 9.90. The molecule has 9 heteroatoms. The first-order valence-electron chi connectivity index (χ1n) is 12.9. The molecule has 0 radical (unpaired) electrons. The Bertz CT molecular complexity index is 994. The Labute approximate surface area is 230 Å². The SMILES string of the molecule is COCC(=O)NC(C(=O)OC)C(C)C.O=C(OCC1CCCCC1)N(c1ccccc1)c1ccc(Cl)cc1. The Hall–Kier alpha value is -3.10. The van der Waals surface area contributed by atoms with Gasteiger partial charge in [-0.25, -0.2) is 14.5 Å². The van der Waals surface area contributed by atoms with E-state index in [1.54, 1.807) is 17.0 Å². The summed E-state index contributed by atoms with van der Waals surface area (Å²) in [6, 6.07) is 16.2. The number of carbonyl (C=O) groups is 3. The van der Waals surface area contributed by atoms with Crippen LogP contribution in [0.2, 0.25) is 5.02 Å². The van der Waals surface area contributed by atoms with E-state index >= 15 is 0 Å². The average molecular weight is 547 g/mol. The molecule has 2 aromatic rings. The number of halogens is 1. The highest BCUT2D eigenvalue weighted by atomic mass is 35.5. The van der Waals surface area contributed by atoms with Gasteiger partial charge < -0.3 is 19.5 Å². The second-order valence-electron chi connectivity index (χ2n) is 9.47. The summed E-state index contributed by atoms with van der Waals surface area (Å²) in [5.74, 6) is -0.283. The number of amides is 2. The Balaban J connectivity index is 0.000000312. The summed E-state index contributed by atoms with van der Waals surface area (Å²) in [5, 5.41) is 3.17. The van der Waals surface area contributed by atoms with E-state index < -0.39 is 12.0 Å². The zero-order chi connectivity index (χ0) is 27.9. The van der Waals surface area contributed by atoms with Crippen molar-refractivity contribution in [3.8, 4) is 0 Å². The van der Waals surface area contributed by atoms with Gasteiger partial charge in [0.1, 0.15) is 12.6 Å². The summed E-state index contributed by atoms with van der Waals surface area (Å²) in [7, 11) is 2.71. The van der Waals surface area contributed by atoms with Crippen molar-refractivity contribution in [1.82, 2.24) is 5.32 Å². The summed E-state index contributed by atoms with van der Waals surface area (Å²) in [5.41, 5.74) is 1.53. The quantitative estimate of drug-likeness (QED) is 0.379. The summed E-state index contributed by atoms with van der Waals surface area (Å²) in [6.45, 7) is 4.10. The molecule has 1 atom stereocenters. The van der Waals surface area contributed by atoms with Gasteiger partial charge in [0.25, 0.3) is 0 Å². The molecule has 208 valence electrons. The molecule has 1 saturated carbocycles. The van der Waals surface area contributed by atoms with Gasteiger partial charge in [-0.05, 0) is 61.1 Å². The average Bonchev–Trinajstić information content (AvgIpc) is 2.93. The zero-order valence-electron chi connectivity index (χ0n) is 22.7. The molecule has 1 N–H and O–H groups in total. The lowest BCUT2D eigenvalue weighted by molar-refractivity contribution is -0.146. The fraction of sp³-hybridized carbons (Fsp3) is 0.483. The molecule has 0 aromatic heterocycles. The number of benzene rings is 2. The first-order valence-corrected chi connectivity index (χ1v) is 13.3. The predicted molar refractivity (Wildman–Crippen MR) is 149 cm³/mol. The van der Waals surface area contributed by atoms with Crippen LogP contribution in [-0.2, 0) is 23.8 Å². The molecule has 0 heterocycles. The highest BCUT2D eigenvalue weighted by Crippen LogP contribution is 2.29. The summed E-state index contributed by atoms with van der Waals surface area (Å²) in [4.78, 5) is 36.7. The van der Waals surface area contributed by atoms with Crippen molar-refractivity contribution in [2.45, 2.75) is 52.0 Å². The number of rotatable bonds is 9. The van der Waals surface area contributed by atoms with Crippen molar-refractivity contribution in [2.75, 3.05) is 32.3 Å². The molecule has 1 aliphatic rings. The minimum atomic E-state index is -0.609. The second-order valence-corrected chi connectivity index (χ2v) is 9.91. The number of methoxy groups -OCH3 is 2. The van der Waals surface area contributed by atoms with Crippen LogP contribution in [0.1, 0.15) is 46.0 Å². The molecule has 8 nitrogen and oxygen atoms in total. The summed E-state index contributed by atoms with van der Waals surface area (Å²) in [6.07, 6.45) is 5.74. The third-order valence-corrected chi connectivity index (χ3v) is 6.41. The number of nitrogens with zero attached hydrogens (tertiary/aromatic N) is 1.